The van der Waals surface area contributed by atoms with Gasteiger partial charge in [-0.1, -0.05) is 0 Å². The van der Waals surface area contributed by atoms with E-state index in [0.29, 0.717) is 22.8 Å². The molecule has 0 radical (unpaired) electrons. The van der Waals surface area contributed by atoms with Crippen molar-refractivity contribution in [2.45, 2.75) is 48.6 Å². The van der Waals surface area contributed by atoms with E-state index in [0.717, 1.165) is 16.4 Å². The molecule has 0 unspecified atom stereocenters. The molecule has 0 N–H and O–H groups in total. The van der Waals surface area contributed by atoms with Crippen molar-refractivity contribution in [2.75, 3.05) is 18.5 Å². The van der Waals surface area contributed by atoms with Crippen molar-refractivity contribution in [2.24, 2.45) is 7.05 Å². The van der Waals surface area contributed by atoms with Gasteiger partial charge in [0.1, 0.15) is 46.2 Å². The highest BCUT2D eigenvalue weighted by molar-refractivity contribution is 7.92. The summed E-state index contributed by atoms with van der Waals surface area (Å²) in [6.07, 6.45) is 2.56. The van der Waals surface area contributed by atoms with Gasteiger partial charge in [-0.25, -0.2) is 35.9 Å². The van der Waals surface area contributed by atoms with Gasteiger partial charge in [-0.05, 0) is 36.8 Å². The Morgan fingerprint density at radius 2 is 1.84 bits per heavy atom. The largest absolute Gasteiger partial charge is 0.497 e. The van der Waals surface area contributed by atoms with Crippen molar-refractivity contribution < 1.29 is 35.8 Å². The highest BCUT2D eigenvalue weighted by atomic mass is 32.2. The maximum atomic E-state index is 15.6. The first-order valence-corrected chi connectivity index (χ1v) is 14.8. The summed E-state index contributed by atoms with van der Waals surface area (Å²) in [5, 5.41) is 4.09. The summed E-state index contributed by atoms with van der Waals surface area (Å²) < 4.78 is 91.3. The number of benzene rings is 2. The molecule has 14 heteroatoms. The smallest absolute Gasteiger partial charge is 0.268 e. The first kappa shape index (κ1) is 30.1. The Labute approximate surface area is 247 Å². The van der Waals surface area contributed by atoms with E-state index in [9.17, 15) is 17.2 Å². The first-order valence-electron chi connectivity index (χ1n) is 13.3. The van der Waals surface area contributed by atoms with Crippen molar-refractivity contribution in [1.82, 2.24) is 19.7 Å². The fraction of sp³-hybridized carbons (Fsp3) is 0.345. The molecule has 43 heavy (non-hydrogen) atoms. The molecule has 0 amide bonds. The Morgan fingerprint density at radius 3 is 2.49 bits per heavy atom. The summed E-state index contributed by atoms with van der Waals surface area (Å²) in [5.74, 6) is -3.76. The fourth-order valence-corrected chi connectivity index (χ4v) is 6.65. The van der Waals surface area contributed by atoms with Gasteiger partial charge in [0.15, 0.2) is 0 Å². The molecule has 0 saturated heterocycles. The lowest BCUT2D eigenvalue weighted by atomic mass is 9.81. The van der Waals surface area contributed by atoms with Crippen molar-refractivity contribution in [3.8, 4) is 17.2 Å². The summed E-state index contributed by atoms with van der Waals surface area (Å²) in [5.41, 5.74) is 1.04. The van der Waals surface area contributed by atoms with Crippen molar-refractivity contribution in [1.29, 1.82) is 0 Å². The van der Waals surface area contributed by atoms with Crippen molar-refractivity contribution >= 4 is 15.8 Å². The minimum atomic E-state index is -4.53. The predicted molar refractivity (Wildman–Crippen MR) is 151 cm³/mol. The fourth-order valence-electron chi connectivity index (χ4n) is 5.21. The Hall–Kier alpha value is -4.33. The van der Waals surface area contributed by atoms with Crippen LogP contribution in [0.15, 0.2) is 72.1 Å². The minimum absolute atomic E-state index is 0.00903. The molecule has 0 aliphatic heterocycles. The monoisotopic (exact) mass is 617 g/mol. The van der Waals surface area contributed by atoms with Crippen LogP contribution < -0.4 is 18.5 Å². The molecular formula is C29H30F3N5O5S. The summed E-state index contributed by atoms with van der Waals surface area (Å²) in [6.45, 7) is -0.243. The number of hydrogen-bond donors (Lipinski definition) is 0. The van der Waals surface area contributed by atoms with Crippen LogP contribution >= 0.6 is 0 Å². The second kappa shape index (κ2) is 12.1. The van der Waals surface area contributed by atoms with Gasteiger partial charge < -0.3 is 14.2 Å². The van der Waals surface area contributed by atoms with E-state index in [1.165, 1.54) is 49.8 Å². The van der Waals surface area contributed by atoms with Crippen LogP contribution in [-0.2, 0) is 23.6 Å². The van der Waals surface area contributed by atoms with E-state index in [1.807, 2.05) is 0 Å². The number of nitrogens with zero attached hydrogens (tertiary/aromatic N) is 5. The normalized spacial score (nSPS) is 18.2. The van der Waals surface area contributed by atoms with Crippen LogP contribution in [0.25, 0.3) is 0 Å². The number of ether oxygens (including phenoxy) is 3. The van der Waals surface area contributed by atoms with Gasteiger partial charge in [0.05, 0.1) is 20.8 Å². The molecule has 1 aliphatic rings. The summed E-state index contributed by atoms with van der Waals surface area (Å²) in [4.78, 5) is 7.32. The minimum Gasteiger partial charge on any atom is -0.497 e. The van der Waals surface area contributed by atoms with Gasteiger partial charge in [0.25, 0.3) is 10.0 Å². The molecule has 1 fully saturated rings. The van der Waals surface area contributed by atoms with E-state index < -0.39 is 45.1 Å². The molecule has 1 aliphatic carbocycles. The van der Waals surface area contributed by atoms with E-state index in [-0.39, 0.29) is 31.0 Å². The number of halogens is 3. The summed E-state index contributed by atoms with van der Waals surface area (Å²) >= 11 is 0. The molecule has 4 aromatic rings. The number of hydrogen-bond acceptors (Lipinski definition) is 8. The standard InChI is InChI=1S/C29H30F3N5O5S/c1-36-24(9-13-35-36)22-16-29(31,32)11-8-25(22)42-21-6-7-27(23(30)14-21)43(38,39)37(28-10-12-33-18-34-28)17-19-4-5-20(40-2)15-26(19)41-3/h4-7,9-10,12-15,18,22,25H,8,11,16-17H2,1-3H3/t22-,25+/m1/s1. The Balaban J connectivity index is 1.45. The Morgan fingerprint density at radius 1 is 1.05 bits per heavy atom. The third kappa shape index (κ3) is 6.38. The lowest BCUT2D eigenvalue weighted by Gasteiger charge is -2.36. The van der Waals surface area contributed by atoms with Crippen LogP contribution in [0.1, 0.15) is 36.4 Å². The van der Waals surface area contributed by atoms with Crippen LogP contribution in [0, 0.1) is 5.82 Å². The van der Waals surface area contributed by atoms with E-state index in [1.54, 1.807) is 31.3 Å². The third-order valence-electron chi connectivity index (χ3n) is 7.39. The summed E-state index contributed by atoms with van der Waals surface area (Å²) in [6, 6.07) is 11.3. The quantitative estimate of drug-likeness (QED) is 0.242. The number of methoxy groups -OCH3 is 2. The van der Waals surface area contributed by atoms with Crippen LogP contribution in [0.2, 0.25) is 0 Å². The topological polar surface area (TPSA) is 109 Å². The summed E-state index contributed by atoms with van der Waals surface area (Å²) in [7, 11) is 0.0582. The van der Waals surface area contributed by atoms with Gasteiger partial charge in [-0.3, -0.25) is 4.68 Å². The number of aryl methyl sites for hydroxylation is 1. The number of anilines is 1. The molecule has 0 spiro atoms. The van der Waals surface area contributed by atoms with Gasteiger partial charge in [0.2, 0.25) is 5.92 Å². The van der Waals surface area contributed by atoms with Gasteiger partial charge in [-0.15, -0.1) is 0 Å². The lowest BCUT2D eigenvalue weighted by Crippen LogP contribution is -2.38. The molecule has 1 saturated carbocycles. The Kier molecular flexibility index (Phi) is 8.49. The van der Waals surface area contributed by atoms with Gasteiger partial charge in [-0.2, -0.15) is 5.10 Å². The predicted octanol–water partition coefficient (Wildman–Crippen LogP) is 5.11. The maximum absolute atomic E-state index is 15.6. The van der Waals surface area contributed by atoms with E-state index >= 15 is 4.39 Å². The van der Waals surface area contributed by atoms with Gasteiger partial charge in [0, 0.05) is 67.7 Å². The molecule has 10 nitrogen and oxygen atoms in total. The van der Waals surface area contributed by atoms with Crippen LogP contribution in [-0.4, -0.2) is 54.4 Å². The van der Waals surface area contributed by atoms with Gasteiger partial charge >= 0.3 is 0 Å². The number of rotatable bonds is 10. The van der Waals surface area contributed by atoms with Crippen molar-refractivity contribution in [3.63, 3.8) is 0 Å². The second-order valence-corrected chi connectivity index (χ2v) is 11.9. The number of aromatic nitrogens is 4. The molecule has 2 aromatic carbocycles. The second-order valence-electron chi connectivity index (χ2n) is 10.1. The third-order valence-corrected chi connectivity index (χ3v) is 9.17. The highest BCUT2D eigenvalue weighted by Gasteiger charge is 2.44. The molecule has 5 rings (SSSR count). The SMILES string of the molecule is COc1ccc(CN(c2ccncn2)S(=O)(=O)c2ccc(O[C@H]3CCC(F)(F)C[C@@H]3c3ccnn3C)cc2F)c(OC)c1. The molecule has 2 heterocycles. The molecule has 2 atom stereocenters. The zero-order valence-corrected chi connectivity index (χ0v) is 24.5. The molecule has 0 bridgehead atoms. The highest BCUT2D eigenvalue weighted by Crippen LogP contribution is 2.43. The maximum Gasteiger partial charge on any atom is 0.268 e. The molecule has 2 aromatic heterocycles. The zero-order chi connectivity index (χ0) is 30.8. The number of alkyl halides is 2. The van der Waals surface area contributed by atoms with E-state index in [2.05, 4.69) is 15.1 Å². The van der Waals surface area contributed by atoms with Crippen molar-refractivity contribution in [3.05, 3.63) is 84.3 Å². The zero-order valence-electron chi connectivity index (χ0n) is 23.7. The van der Waals surface area contributed by atoms with Crippen LogP contribution in [0.5, 0.6) is 17.2 Å². The first-order chi connectivity index (χ1) is 20.5. The van der Waals surface area contributed by atoms with Crippen LogP contribution in [0.3, 0.4) is 0 Å². The number of sulfonamides is 1. The molecule has 228 valence electrons. The lowest BCUT2D eigenvalue weighted by molar-refractivity contribution is -0.0698. The molecular weight excluding hydrogens is 587 g/mol. The average Bonchev–Trinajstić information content (AvgIpc) is 3.42. The average molecular weight is 618 g/mol. The van der Waals surface area contributed by atoms with Crippen LogP contribution in [0.4, 0.5) is 19.0 Å². The Bertz CT molecular complexity index is 1690. The van der Waals surface area contributed by atoms with E-state index in [4.69, 9.17) is 14.2 Å².